The molecular weight excluding hydrogens is 524 g/mol. The topological polar surface area (TPSA) is 69.1 Å². The van der Waals surface area contributed by atoms with Crippen LogP contribution in [-0.2, 0) is 15.0 Å². The van der Waals surface area contributed by atoms with Crippen LogP contribution >= 0.6 is 0 Å². The predicted molar refractivity (Wildman–Crippen MR) is 158 cm³/mol. The molecule has 2 amide bonds. The number of carbonyl (C=O) groups is 2. The van der Waals surface area contributed by atoms with Crippen LogP contribution in [0.1, 0.15) is 38.8 Å². The Bertz CT molecular complexity index is 1500. The van der Waals surface area contributed by atoms with Crippen LogP contribution in [0.15, 0.2) is 72.2 Å². The molecule has 4 rings (SSSR count). The van der Waals surface area contributed by atoms with Crippen LogP contribution in [0.2, 0.25) is 0 Å². The van der Waals surface area contributed by atoms with Gasteiger partial charge >= 0.3 is 0 Å². The molecule has 7 nitrogen and oxygen atoms in total. The van der Waals surface area contributed by atoms with Crippen molar-refractivity contribution in [3.8, 4) is 11.3 Å². The van der Waals surface area contributed by atoms with Gasteiger partial charge in [0.25, 0.3) is 0 Å². The third-order valence-corrected chi connectivity index (χ3v) is 7.23. The highest BCUT2D eigenvalue weighted by Crippen LogP contribution is 2.38. The van der Waals surface area contributed by atoms with Gasteiger partial charge in [-0.05, 0) is 48.2 Å². The largest absolute Gasteiger partial charge is 0.350 e. The number of amides is 2. The molecular formula is C32H35F2N5O2. The van der Waals surface area contributed by atoms with E-state index >= 15 is 4.39 Å². The van der Waals surface area contributed by atoms with E-state index in [-0.39, 0.29) is 40.0 Å². The van der Waals surface area contributed by atoms with Crippen molar-refractivity contribution < 1.29 is 18.4 Å². The predicted octanol–water partition coefficient (Wildman–Crippen LogP) is 5.71. The van der Waals surface area contributed by atoms with Crippen molar-refractivity contribution in [2.45, 2.75) is 39.2 Å². The minimum absolute atomic E-state index is 0.0207. The minimum atomic E-state index is -0.752. The van der Waals surface area contributed by atoms with Crippen LogP contribution in [0.25, 0.3) is 11.3 Å². The molecule has 1 fully saturated rings. The van der Waals surface area contributed by atoms with E-state index in [9.17, 15) is 14.0 Å². The summed E-state index contributed by atoms with van der Waals surface area (Å²) >= 11 is 0. The summed E-state index contributed by atoms with van der Waals surface area (Å²) in [5, 5.41) is 0. The smallest absolute Gasteiger partial charge is 0.246 e. The Labute approximate surface area is 239 Å². The van der Waals surface area contributed by atoms with E-state index in [1.807, 2.05) is 50.8 Å². The van der Waals surface area contributed by atoms with Gasteiger partial charge in [-0.3, -0.25) is 19.5 Å². The zero-order valence-electron chi connectivity index (χ0n) is 24.1. The molecule has 3 aromatic rings. The molecule has 1 aliphatic heterocycles. The van der Waals surface area contributed by atoms with Crippen molar-refractivity contribution >= 4 is 29.7 Å². The van der Waals surface area contributed by atoms with Gasteiger partial charge in [0.15, 0.2) is 5.82 Å². The van der Waals surface area contributed by atoms with E-state index in [4.69, 9.17) is 0 Å². The van der Waals surface area contributed by atoms with Crippen LogP contribution in [0.4, 0.5) is 20.3 Å². The molecule has 0 N–H and O–H groups in total. The number of anilines is 2. The highest BCUT2D eigenvalue weighted by atomic mass is 19.1. The van der Waals surface area contributed by atoms with Gasteiger partial charge in [0.05, 0.1) is 11.3 Å². The zero-order valence-corrected chi connectivity index (χ0v) is 24.1. The van der Waals surface area contributed by atoms with Crippen molar-refractivity contribution in [2.75, 3.05) is 31.6 Å². The first-order valence-corrected chi connectivity index (χ1v) is 13.5. The third-order valence-electron chi connectivity index (χ3n) is 7.23. The molecule has 1 atom stereocenters. The maximum absolute atomic E-state index is 15.8. The first-order valence-electron chi connectivity index (χ1n) is 13.5. The fraction of sp³-hybridized carbons (Fsp3) is 0.312. The van der Waals surface area contributed by atoms with Gasteiger partial charge in [-0.1, -0.05) is 57.7 Å². The van der Waals surface area contributed by atoms with Gasteiger partial charge in [0.2, 0.25) is 12.3 Å². The Morgan fingerprint density at radius 2 is 1.78 bits per heavy atom. The summed E-state index contributed by atoms with van der Waals surface area (Å²) in [6, 6.07) is 14.3. The molecule has 0 spiro atoms. The number of aromatic nitrogens is 1. The number of carbonyl (C=O) groups excluding carboxylic acids is 2. The molecule has 2 heterocycles. The number of hydrogen-bond acceptors (Lipinski definition) is 4. The van der Waals surface area contributed by atoms with Crippen LogP contribution in [-0.4, -0.2) is 65.7 Å². The molecule has 9 heteroatoms. The van der Waals surface area contributed by atoms with Gasteiger partial charge < -0.3 is 9.80 Å². The van der Waals surface area contributed by atoms with Crippen molar-refractivity contribution in [1.29, 1.82) is 0 Å². The lowest BCUT2D eigenvalue weighted by Crippen LogP contribution is -2.55. The summed E-state index contributed by atoms with van der Waals surface area (Å²) in [6.45, 7) is 12.9. The van der Waals surface area contributed by atoms with Gasteiger partial charge in [-0.2, -0.15) is 0 Å². The molecule has 2 aromatic carbocycles. The molecule has 1 aliphatic rings. The van der Waals surface area contributed by atoms with E-state index in [0.29, 0.717) is 37.6 Å². The van der Waals surface area contributed by atoms with Crippen LogP contribution in [0.5, 0.6) is 0 Å². The molecule has 1 saturated heterocycles. The van der Waals surface area contributed by atoms with E-state index in [2.05, 4.69) is 16.6 Å². The first kappa shape index (κ1) is 29.6. The lowest BCUT2D eigenvalue weighted by Gasteiger charge is -2.41. The molecule has 1 aromatic heterocycles. The van der Waals surface area contributed by atoms with Gasteiger partial charge in [0.1, 0.15) is 23.2 Å². The second-order valence-electron chi connectivity index (χ2n) is 11.0. The maximum Gasteiger partial charge on any atom is 0.246 e. The number of amidine groups is 1. The number of para-hydroxylation sites is 1. The van der Waals surface area contributed by atoms with Crippen molar-refractivity contribution in [2.24, 2.45) is 4.99 Å². The zero-order chi connectivity index (χ0) is 29.9. The molecule has 0 radical (unpaired) electrons. The van der Waals surface area contributed by atoms with E-state index < -0.39 is 11.6 Å². The van der Waals surface area contributed by atoms with Crippen LogP contribution in [0.3, 0.4) is 0 Å². The normalized spacial score (nSPS) is 16.0. The number of aliphatic imine (C=N–C) groups is 1. The third kappa shape index (κ3) is 5.89. The molecule has 0 bridgehead atoms. The molecule has 41 heavy (non-hydrogen) atoms. The average Bonchev–Trinajstić information content (AvgIpc) is 2.95. The average molecular weight is 560 g/mol. The van der Waals surface area contributed by atoms with Gasteiger partial charge in [-0.25, -0.2) is 13.8 Å². The van der Waals surface area contributed by atoms with Crippen LogP contribution in [0, 0.1) is 11.6 Å². The van der Waals surface area contributed by atoms with E-state index in [1.165, 1.54) is 35.2 Å². The summed E-state index contributed by atoms with van der Waals surface area (Å²) in [5.41, 5.74) is 1.14. The Hall–Kier alpha value is -4.40. The summed E-state index contributed by atoms with van der Waals surface area (Å²) in [7, 11) is 1.59. The quantitative estimate of drug-likeness (QED) is 0.168. The maximum atomic E-state index is 15.8. The minimum Gasteiger partial charge on any atom is -0.350 e. The highest BCUT2D eigenvalue weighted by Gasteiger charge is 2.33. The second kappa shape index (κ2) is 12.0. The monoisotopic (exact) mass is 559 g/mol. The molecule has 214 valence electrons. The number of benzene rings is 2. The second-order valence-corrected chi connectivity index (χ2v) is 11.0. The lowest BCUT2D eigenvalue weighted by molar-refractivity contribution is -0.128. The number of rotatable bonds is 6. The number of nitrogens with zero attached hydrogens (tertiary/aromatic N) is 5. The van der Waals surface area contributed by atoms with E-state index in [0.717, 1.165) is 5.56 Å². The molecule has 1 unspecified atom stereocenters. The first-order chi connectivity index (χ1) is 19.5. The Morgan fingerprint density at radius 3 is 2.39 bits per heavy atom. The SMILES string of the molecule is C=CC(=O)N1CCN(/C(=N/C)c2cc(F)c(-c3ccccc3F)nc2N(C=O)c2ccccc2C(C)(C)C)C(C)C1. The Kier molecular flexibility index (Phi) is 8.66. The lowest BCUT2D eigenvalue weighted by atomic mass is 9.85. The standard InChI is InChI=1S/C32H35F2N5O2/c1-7-28(41)37-16-17-38(21(2)19-37)30(35-6)23-18-26(34)29(22-12-8-10-14-25(22)33)36-31(23)39(20-40)27-15-11-9-13-24(27)32(3,4)5/h7-15,18,20-21H,1,16-17,19H2,2-6H3/b35-30+. The Morgan fingerprint density at radius 1 is 1.10 bits per heavy atom. The number of halogens is 2. The number of hydrogen-bond donors (Lipinski definition) is 0. The van der Waals surface area contributed by atoms with Crippen molar-refractivity contribution in [3.63, 3.8) is 0 Å². The molecule has 0 saturated carbocycles. The highest BCUT2D eigenvalue weighted by molar-refractivity contribution is 6.06. The summed E-state index contributed by atoms with van der Waals surface area (Å²) in [6.07, 6.45) is 1.92. The van der Waals surface area contributed by atoms with Crippen molar-refractivity contribution in [3.05, 3.63) is 90.0 Å². The fourth-order valence-corrected chi connectivity index (χ4v) is 5.21. The fourth-order valence-electron chi connectivity index (χ4n) is 5.21. The van der Waals surface area contributed by atoms with E-state index in [1.54, 1.807) is 24.1 Å². The van der Waals surface area contributed by atoms with Gasteiger partial charge in [-0.15, -0.1) is 0 Å². The Balaban J connectivity index is 1.94. The van der Waals surface area contributed by atoms with Crippen LogP contribution < -0.4 is 4.90 Å². The van der Waals surface area contributed by atoms with Gasteiger partial charge in [0, 0.05) is 38.3 Å². The summed E-state index contributed by atoms with van der Waals surface area (Å²) in [5.74, 6) is -1.02. The molecule has 0 aliphatic carbocycles. The van der Waals surface area contributed by atoms with Crippen molar-refractivity contribution in [1.82, 2.24) is 14.8 Å². The number of pyridine rings is 1. The summed E-state index contributed by atoms with van der Waals surface area (Å²) < 4.78 is 30.7. The number of piperazine rings is 1. The summed E-state index contributed by atoms with van der Waals surface area (Å²) in [4.78, 5) is 39.3.